The molecule has 0 saturated heterocycles. The normalized spacial score (nSPS) is 15.5. The Hall–Kier alpha value is -7.10. The highest BCUT2D eigenvalue weighted by molar-refractivity contribution is 6.11. The van der Waals surface area contributed by atoms with E-state index in [2.05, 4.69) is 230 Å². The van der Waals surface area contributed by atoms with Crippen LogP contribution in [0.4, 0.5) is 17.1 Å². The number of rotatable bonds is 6. The number of nitrogens with zero attached hydrogens (tertiary/aromatic N) is 3. The first-order valence-corrected chi connectivity index (χ1v) is 21.7. The van der Waals surface area contributed by atoms with Crippen molar-refractivity contribution in [3.8, 4) is 33.6 Å². The fourth-order valence-corrected chi connectivity index (χ4v) is 11.0. The molecule has 294 valence electrons. The predicted molar refractivity (Wildman–Crippen MR) is 256 cm³/mol. The molecule has 1 aliphatic heterocycles. The molecule has 61 heavy (non-hydrogen) atoms. The van der Waals surface area contributed by atoms with Crippen LogP contribution in [0.3, 0.4) is 0 Å². The van der Waals surface area contributed by atoms with Gasteiger partial charge in [-0.15, -0.1) is 0 Å². The van der Waals surface area contributed by atoms with E-state index in [0.29, 0.717) is 0 Å². The zero-order valence-electron chi connectivity index (χ0n) is 35.2. The van der Waals surface area contributed by atoms with Gasteiger partial charge < -0.3 is 14.0 Å². The van der Waals surface area contributed by atoms with E-state index in [4.69, 9.17) is 0 Å². The van der Waals surface area contributed by atoms with E-state index in [9.17, 15) is 0 Å². The maximum absolute atomic E-state index is 2.47. The summed E-state index contributed by atoms with van der Waals surface area (Å²) in [5.41, 5.74) is 21.6. The predicted octanol–water partition coefficient (Wildman–Crippen LogP) is 15.4. The maximum atomic E-state index is 2.47. The topological polar surface area (TPSA) is 13.1 Å². The third-order valence-corrected chi connectivity index (χ3v) is 14.0. The van der Waals surface area contributed by atoms with Crippen molar-refractivity contribution in [2.45, 2.75) is 51.4 Å². The number of fused-ring (bicyclic) bond motifs is 9. The molecule has 3 aliphatic rings. The Kier molecular flexibility index (Phi) is 7.75. The molecule has 0 amide bonds. The van der Waals surface area contributed by atoms with E-state index in [-0.39, 0.29) is 10.8 Å². The third kappa shape index (κ3) is 5.29. The Bertz CT molecular complexity index is 3260. The molecule has 3 heterocycles. The molecule has 0 atom stereocenters. The summed E-state index contributed by atoms with van der Waals surface area (Å²) < 4.78 is 4.92. The first-order valence-electron chi connectivity index (χ1n) is 21.7. The molecule has 0 fully saturated rings. The van der Waals surface area contributed by atoms with Crippen molar-refractivity contribution in [3.63, 3.8) is 0 Å². The standard InChI is InChI=1S/C58H47N3/c1-57(2)50-21-13-11-19-46(50)47-33-32-45(36-51(47)57)60(43-28-23-39(24-29-43)38-15-7-5-8-16-38)44-30-25-40(26-31-44)41-27-34-54-52(35-41)58(3,4)56-55-49(37-59(54)56)48-20-12-14-22-53(48)61(55)42-17-9-6-10-18-42/h5-12,14-20,22-37H,13,21H2,1-4H3. The number of allylic oxidation sites excluding steroid dienone is 4. The Morgan fingerprint density at radius 2 is 1.15 bits per heavy atom. The third-order valence-electron chi connectivity index (χ3n) is 14.0. The van der Waals surface area contributed by atoms with Crippen LogP contribution in [-0.2, 0) is 10.8 Å². The minimum absolute atomic E-state index is 0.00966. The van der Waals surface area contributed by atoms with E-state index in [1.807, 2.05) is 0 Å². The van der Waals surface area contributed by atoms with Gasteiger partial charge in [0.25, 0.3) is 0 Å². The lowest BCUT2D eigenvalue weighted by Gasteiger charge is -2.29. The fourth-order valence-electron chi connectivity index (χ4n) is 11.0. The van der Waals surface area contributed by atoms with Crippen LogP contribution in [0.25, 0.3) is 61.0 Å². The minimum atomic E-state index is -0.220. The van der Waals surface area contributed by atoms with Gasteiger partial charge in [0.05, 0.1) is 16.7 Å². The molecule has 0 radical (unpaired) electrons. The zero-order chi connectivity index (χ0) is 41.0. The highest BCUT2D eigenvalue weighted by Gasteiger charge is 2.41. The van der Waals surface area contributed by atoms with E-state index >= 15 is 0 Å². The van der Waals surface area contributed by atoms with Gasteiger partial charge in [-0.3, -0.25) is 0 Å². The molecule has 9 aromatic rings. The number of benzene rings is 7. The number of anilines is 3. The van der Waals surface area contributed by atoms with Crippen LogP contribution in [-0.4, -0.2) is 9.13 Å². The molecule has 0 N–H and O–H groups in total. The fraction of sp³-hybridized carbons (Fsp3) is 0.138. The quantitative estimate of drug-likeness (QED) is 0.164. The number of hydrogen-bond donors (Lipinski definition) is 0. The highest BCUT2D eigenvalue weighted by Crippen LogP contribution is 2.53. The van der Waals surface area contributed by atoms with Gasteiger partial charge in [0, 0.05) is 56.2 Å². The van der Waals surface area contributed by atoms with Crippen molar-refractivity contribution in [1.29, 1.82) is 0 Å². The largest absolute Gasteiger partial charge is 0.317 e. The van der Waals surface area contributed by atoms with Gasteiger partial charge in [0.15, 0.2) is 0 Å². The van der Waals surface area contributed by atoms with Gasteiger partial charge in [0.2, 0.25) is 0 Å². The van der Waals surface area contributed by atoms with Crippen LogP contribution in [0.2, 0.25) is 0 Å². The Labute approximate surface area is 358 Å². The van der Waals surface area contributed by atoms with Gasteiger partial charge in [-0.2, -0.15) is 0 Å². The first kappa shape index (κ1) is 35.8. The van der Waals surface area contributed by atoms with E-state index < -0.39 is 0 Å². The maximum Gasteiger partial charge on any atom is 0.0763 e. The molecular weight excluding hydrogens is 739 g/mol. The van der Waals surface area contributed by atoms with Crippen LogP contribution >= 0.6 is 0 Å². The Morgan fingerprint density at radius 3 is 1.89 bits per heavy atom. The van der Waals surface area contributed by atoms with E-state index in [1.165, 1.54) is 89.1 Å². The monoisotopic (exact) mass is 785 g/mol. The summed E-state index contributed by atoms with van der Waals surface area (Å²) in [7, 11) is 0. The zero-order valence-corrected chi connectivity index (χ0v) is 35.2. The van der Waals surface area contributed by atoms with Crippen LogP contribution in [0.15, 0.2) is 194 Å². The van der Waals surface area contributed by atoms with Gasteiger partial charge in [-0.1, -0.05) is 149 Å². The van der Waals surface area contributed by atoms with Crippen molar-refractivity contribution in [3.05, 3.63) is 216 Å². The van der Waals surface area contributed by atoms with Crippen molar-refractivity contribution in [2.75, 3.05) is 4.90 Å². The lowest BCUT2D eigenvalue weighted by atomic mass is 9.78. The van der Waals surface area contributed by atoms with Gasteiger partial charge in [-0.05, 0) is 124 Å². The van der Waals surface area contributed by atoms with E-state index in [1.54, 1.807) is 5.57 Å². The summed E-state index contributed by atoms with van der Waals surface area (Å²) in [5.74, 6) is 0. The number of para-hydroxylation sites is 2. The van der Waals surface area contributed by atoms with Crippen molar-refractivity contribution >= 4 is 44.4 Å². The molecule has 0 bridgehead atoms. The van der Waals surface area contributed by atoms with Gasteiger partial charge in [0.1, 0.15) is 0 Å². The van der Waals surface area contributed by atoms with Crippen molar-refractivity contribution < 1.29 is 0 Å². The second-order valence-electron chi connectivity index (χ2n) is 18.1. The Morgan fingerprint density at radius 1 is 0.525 bits per heavy atom. The molecule has 2 aliphatic carbocycles. The lowest BCUT2D eigenvalue weighted by molar-refractivity contribution is 0.607. The Balaban J connectivity index is 0.937. The molecule has 0 saturated carbocycles. The van der Waals surface area contributed by atoms with Crippen molar-refractivity contribution in [2.24, 2.45) is 0 Å². The second-order valence-corrected chi connectivity index (χ2v) is 18.1. The van der Waals surface area contributed by atoms with Crippen LogP contribution in [0.5, 0.6) is 0 Å². The summed E-state index contributed by atoms with van der Waals surface area (Å²) >= 11 is 0. The van der Waals surface area contributed by atoms with Crippen LogP contribution < -0.4 is 4.90 Å². The average molecular weight is 786 g/mol. The average Bonchev–Trinajstić information content (AvgIpc) is 3.98. The smallest absolute Gasteiger partial charge is 0.0763 e. The summed E-state index contributed by atoms with van der Waals surface area (Å²) in [6.07, 6.45) is 9.31. The molecule has 2 aromatic heterocycles. The van der Waals surface area contributed by atoms with Crippen LogP contribution in [0.1, 0.15) is 62.9 Å². The van der Waals surface area contributed by atoms with Crippen LogP contribution in [0, 0.1) is 0 Å². The van der Waals surface area contributed by atoms with Crippen molar-refractivity contribution in [1.82, 2.24) is 9.13 Å². The second kappa shape index (κ2) is 13.2. The minimum Gasteiger partial charge on any atom is -0.317 e. The molecule has 0 spiro atoms. The molecule has 12 rings (SSSR count). The highest BCUT2D eigenvalue weighted by atomic mass is 15.1. The number of hydrogen-bond acceptors (Lipinski definition) is 1. The molecule has 3 nitrogen and oxygen atoms in total. The van der Waals surface area contributed by atoms with E-state index in [0.717, 1.165) is 24.2 Å². The summed E-state index contributed by atoms with van der Waals surface area (Å²) in [6, 6.07) is 62.8. The SMILES string of the molecule is CC1(C)C2=C(C=CCC2)c2ccc(N(c3ccc(-c4ccccc4)cc3)c3ccc(-c4ccc5c(c4)C(C)(C)c4c6c(cn4-5)c4ccccc4n6-c4ccccc4)cc3)cc21. The van der Waals surface area contributed by atoms with Gasteiger partial charge >= 0.3 is 0 Å². The summed E-state index contributed by atoms with van der Waals surface area (Å²) in [4.78, 5) is 2.43. The molecular formula is C58H47N3. The first-order chi connectivity index (χ1) is 29.8. The molecule has 0 unspecified atom stereocenters. The molecule has 3 heteroatoms. The van der Waals surface area contributed by atoms with Gasteiger partial charge in [-0.25, -0.2) is 0 Å². The number of aromatic nitrogens is 2. The lowest BCUT2D eigenvalue weighted by Crippen LogP contribution is -2.18. The molecule has 7 aromatic carbocycles. The summed E-state index contributed by atoms with van der Waals surface area (Å²) in [5, 5.41) is 2.58. The summed E-state index contributed by atoms with van der Waals surface area (Å²) in [6.45, 7) is 9.60.